The second-order valence-corrected chi connectivity index (χ2v) is 5.47. The maximum absolute atomic E-state index is 11.7. The Labute approximate surface area is 140 Å². The molecule has 3 rings (SSSR count). The Kier molecular flexibility index (Phi) is 3.94. The van der Waals surface area contributed by atoms with Gasteiger partial charge in [0.25, 0.3) is 11.8 Å². The third kappa shape index (κ3) is 3.13. The van der Waals surface area contributed by atoms with Crippen LogP contribution in [0.25, 0.3) is 17.4 Å². The molecule has 0 bridgehead atoms. The molecule has 1 fully saturated rings. The van der Waals surface area contributed by atoms with Crippen molar-refractivity contribution >= 4 is 47.1 Å². The fourth-order valence-corrected chi connectivity index (χ4v) is 2.39. The third-order valence-corrected chi connectivity index (χ3v) is 3.62. The van der Waals surface area contributed by atoms with Gasteiger partial charge in [0.15, 0.2) is 0 Å². The van der Waals surface area contributed by atoms with E-state index >= 15 is 0 Å². The number of benzene rings is 1. The molecule has 0 aliphatic carbocycles. The molecular formula is C15H8Cl2N2O4. The summed E-state index contributed by atoms with van der Waals surface area (Å²) in [7, 11) is 0. The average molecular weight is 351 g/mol. The van der Waals surface area contributed by atoms with Crippen LogP contribution in [-0.4, -0.2) is 17.8 Å². The van der Waals surface area contributed by atoms with E-state index in [4.69, 9.17) is 27.6 Å². The third-order valence-electron chi connectivity index (χ3n) is 3.05. The molecule has 1 aromatic heterocycles. The van der Waals surface area contributed by atoms with Gasteiger partial charge in [-0.3, -0.25) is 20.2 Å². The van der Waals surface area contributed by atoms with Crippen molar-refractivity contribution < 1.29 is 18.8 Å². The number of nitrogens with one attached hydrogen (secondary N) is 2. The highest BCUT2D eigenvalue weighted by Crippen LogP contribution is 2.32. The Bertz CT molecular complexity index is 848. The summed E-state index contributed by atoms with van der Waals surface area (Å²) in [5, 5.41) is 4.89. The van der Waals surface area contributed by atoms with Gasteiger partial charge in [-0.05, 0) is 36.4 Å². The summed E-state index contributed by atoms with van der Waals surface area (Å²) < 4.78 is 5.57. The van der Waals surface area contributed by atoms with E-state index in [0.29, 0.717) is 21.4 Å². The summed E-state index contributed by atoms with van der Waals surface area (Å²) >= 11 is 12.0. The Morgan fingerprint density at radius 3 is 2.35 bits per heavy atom. The zero-order valence-corrected chi connectivity index (χ0v) is 12.9. The van der Waals surface area contributed by atoms with E-state index in [2.05, 4.69) is 0 Å². The second kappa shape index (κ2) is 5.91. The molecule has 4 amide bonds. The number of halogens is 2. The number of rotatable bonds is 2. The minimum atomic E-state index is -0.858. The van der Waals surface area contributed by atoms with E-state index in [1.54, 1.807) is 30.3 Å². The lowest BCUT2D eigenvalue weighted by atomic mass is 10.1. The van der Waals surface area contributed by atoms with Crippen LogP contribution in [0.2, 0.25) is 10.0 Å². The Morgan fingerprint density at radius 1 is 0.957 bits per heavy atom. The van der Waals surface area contributed by atoms with Gasteiger partial charge in [-0.1, -0.05) is 23.2 Å². The first-order chi connectivity index (χ1) is 10.9. The molecule has 23 heavy (non-hydrogen) atoms. The maximum Gasteiger partial charge on any atom is 0.328 e. The standard InChI is InChI=1S/C15H8Cl2N2O4/c16-7-1-3-11(17)9(5-7)12-4-2-8(23-12)6-10-13(20)18-15(22)19-14(10)21/h1-6H,(H2,18,19,20,21,22). The van der Waals surface area contributed by atoms with Gasteiger partial charge in [-0.2, -0.15) is 0 Å². The molecule has 6 nitrogen and oxygen atoms in total. The minimum Gasteiger partial charge on any atom is -0.457 e. The molecule has 1 saturated heterocycles. The van der Waals surface area contributed by atoms with E-state index in [0.717, 1.165) is 0 Å². The van der Waals surface area contributed by atoms with E-state index in [1.807, 2.05) is 10.6 Å². The monoisotopic (exact) mass is 350 g/mol. The largest absolute Gasteiger partial charge is 0.457 e. The molecule has 1 aliphatic rings. The quantitative estimate of drug-likeness (QED) is 0.643. The van der Waals surface area contributed by atoms with Gasteiger partial charge in [-0.25, -0.2) is 4.79 Å². The molecule has 2 N–H and O–H groups in total. The summed E-state index contributed by atoms with van der Waals surface area (Å²) in [6.07, 6.45) is 1.24. The Morgan fingerprint density at radius 2 is 1.65 bits per heavy atom. The predicted molar refractivity (Wildman–Crippen MR) is 83.8 cm³/mol. The zero-order valence-electron chi connectivity index (χ0n) is 11.4. The van der Waals surface area contributed by atoms with Crippen LogP contribution < -0.4 is 10.6 Å². The van der Waals surface area contributed by atoms with Crippen molar-refractivity contribution in [3.05, 3.63) is 51.7 Å². The SMILES string of the molecule is O=C1NC(=O)C(=Cc2ccc(-c3cc(Cl)ccc3Cl)o2)C(=O)N1. The molecule has 0 atom stereocenters. The molecule has 0 unspecified atom stereocenters. The number of urea groups is 1. The van der Waals surface area contributed by atoms with Crippen molar-refractivity contribution in [1.82, 2.24) is 10.6 Å². The molecule has 1 aromatic carbocycles. The van der Waals surface area contributed by atoms with E-state index in [-0.39, 0.29) is 11.3 Å². The number of carbonyl (C=O) groups excluding carboxylic acids is 3. The highest BCUT2D eigenvalue weighted by Gasteiger charge is 2.28. The topological polar surface area (TPSA) is 88.4 Å². The normalized spacial score (nSPS) is 14.5. The van der Waals surface area contributed by atoms with Crippen molar-refractivity contribution in [1.29, 1.82) is 0 Å². The van der Waals surface area contributed by atoms with Crippen LogP contribution in [0, 0.1) is 0 Å². The number of furan rings is 1. The number of barbiturate groups is 1. The van der Waals surface area contributed by atoms with E-state index in [9.17, 15) is 14.4 Å². The summed E-state index contributed by atoms with van der Waals surface area (Å²) in [5.41, 5.74) is 0.347. The van der Waals surface area contributed by atoms with Gasteiger partial charge in [0, 0.05) is 10.6 Å². The van der Waals surface area contributed by atoms with Gasteiger partial charge in [-0.15, -0.1) is 0 Å². The zero-order chi connectivity index (χ0) is 16.6. The second-order valence-electron chi connectivity index (χ2n) is 4.62. The smallest absolute Gasteiger partial charge is 0.328 e. The molecule has 2 heterocycles. The van der Waals surface area contributed by atoms with E-state index in [1.165, 1.54) is 6.08 Å². The van der Waals surface area contributed by atoms with Crippen LogP contribution >= 0.6 is 23.2 Å². The molecule has 8 heteroatoms. The minimum absolute atomic E-state index is 0.234. The lowest BCUT2D eigenvalue weighted by Crippen LogP contribution is -2.51. The van der Waals surface area contributed by atoms with Crippen molar-refractivity contribution in [2.75, 3.05) is 0 Å². The predicted octanol–water partition coefficient (Wildman–Crippen LogP) is 3.00. The molecule has 0 spiro atoms. The van der Waals surface area contributed by atoms with Crippen LogP contribution in [0.15, 0.2) is 40.3 Å². The molecule has 1 aliphatic heterocycles. The molecule has 2 aromatic rings. The molecule has 0 saturated carbocycles. The number of hydrogen-bond donors (Lipinski definition) is 2. The van der Waals surface area contributed by atoms with Crippen molar-refractivity contribution in [3.8, 4) is 11.3 Å². The van der Waals surface area contributed by atoms with Crippen LogP contribution in [-0.2, 0) is 9.59 Å². The molecule has 0 radical (unpaired) electrons. The first-order valence-electron chi connectivity index (χ1n) is 6.37. The van der Waals surface area contributed by atoms with Crippen molar-refractivity contribution in [2.24, 2.45) is 0 Å². The maximum atomic E-state index is 11.7. The Balaban J connectivity index is 1.95. The number of hydrogen-bond acceptors (Lipinski definition) is 4. The van der Waals surface area contributed by atoms with Crippen molar-refractivity contribution in [2.45, 2.75) is 0 Å². The van der Waals surface area contributed by atoms with Gasteiger partial charge < -0.3 is 4.42 Å². The summed E-state index contributed by atoms with van der Waals surface area (Å²) in [4.78, 5) is 34.3. The fraction of sp³-hybridized carbons (Fsp3) is 0. The lowest BCUT2D eigenvalue weighted by Gasteiger charge is -2.13. The fourth-order valence-electron chi connectivity index (χ4n) is 2.01. The van der Waals surface area contributed by atoms with Gasteiger partial charge in [0.05, 0.1) is 5.02 Å². The summed E-state index contributed by atoms with van der Waals surface area (Å²) in [5.74, 6) is -0.905. The van der Waals surface area contributed by atoms with Crippen LogP contribution in [0.1, 0.15) is 5.76 Å². The Hall–Kier alpha value is -2.57. The molecule has 116 valence electrons. The van der Waals surface area contributed by atoms with Gasteiger partial charge in [0.1, 0.15) is 17.1 Å². The highest BCUT2D eigenvalue weighted by molar-refractivity contribution is 6.35. The lowest BCUT2D eigenvalue weighted by molar-refractivity contribution is -0.123. The summed E-state index contributed by atoms with van der Waals surface area (Å²) in [6.45, 7) is 0. The van der Waals surface area contributed by atoms with Gasteiger partial charge in [0.2, 0.25) is 0 Å². The number of imide groups is 2. The van der Waals surface area contributed by atoms with Crippen LogP contribution in [0.4, 0.5) is 4.79 Å². The first-order valence-corrected chi connectivity index (χ1v) is 7.13. The van der Waals surface area contributed by atoms with E-state index < -0.39 is 17.8 Å². The van der Waals surface area contributed by atoms with Gasteiger partial charge >= 0.3 is 6.03 Å². The first kappa shape index (κ1) is 15.3. The van der Waals surface area contributed by atoms with Crippen LogP contribution in [0.5, 0.6) is 0 Å². The van der Waals surface area contributed by atoms with Crippen molar-refractivity contribution in [3.63, 3.8) is 0 Å². The molecular weight excluding hydrogens is 343 g/mol. The van der Waals surface area contributed by atoms with Crippen LogP contribution in [0.3, 0.4) is 0 Å². The summed E-state index contributed by atoms with van der Waals surface area (Å²) in [6, 6.07) is 7.26. The average Bonchev–Trinajstić information content (AvgIpc) is 2.94. The highest BCUT2D eigenvalue weighted by atomic mass is 35.5. The number of amides is 4. The number of carbonyl (C=O) groups is 3.